The van der Waals surface area contributed by atoms with Crippen LogP contribution < -0.4 is 4.74 Å². The highest BCUT2D eigenvalue weighted by Crippen LogP contribution is 2.40. The summed E-state index contributed by atoms with van der Waals surface area (Å²) in [6, 6.07) is 8.17. The molecule has 1 aromatic carbocycles. The van der Waals surface area contributed by atoms with Crippen LogP contribution in [0.2, 0.25) is 0 Å². The van der Waals surface area contributed by atoms with Crippen LogP contribution >= 0.6 is 0 Å². The molecule has 0 saturated heterocycles. The lowest BCUT2D eigenvalue weighted by atomic mass is 9.81. The first kappa shape index (κ1) is 10.2. The minimum atomic E-state index is 0.544. The number of aromatic nitrogens is 1. The van der Waals surface area contributed by atoms with Crippen LogP contribution in [0.15, 0.2) is 18.2 Å². The van der Waals surface area contributed by atoms with E-state index >= 15 is 0 Å². The van der Waals surface area contributed by atoms with Crippen LogP contribution in [-0.2, 0) is 0 Å². The van der Waals surface area contributed by atoms with Crippen LogP contribution in [0.25, 0.3) is 10.9 Å². The summed E-state index contributed by atoms with van der Waals surface area (Å²) >= 11 is 0. The zero-order chi connectivity index (χ0) is 11.8. The summed E-state index contributed by atoms with van der Waals surface area (Å²) in [6.07, 6.45) is 3.66. The summed E-state index contributed by atoms with van der Waals surface area (Å²) < 4.78 is 5.21. The molecule has 0 bridgehead atoms. The summed E-state index contributed by atoms with van der Waals surface area (Å²) in [7, 11) is 1.65. The lowest BCUT2D eigenvalue weighted by Gasteiger charge is -2.24. The van der Waals surface area contributed by atoms with Gasteiger partial charge in [0.1, 0.15) is 11.8 Å². The van der Waals surface area contributed by atoms with Crippen molar-refractivity contribution in [3.05, 3.63) is 29.5 Å². The van der Waals surface area contributed by atoms with Crippen molar-refractivity contribution >= 4 is 10.9 Å². The van der Waals surface area contributed by atoms with Crippen LogP contribution in [0, 0.1) is 11.3 Å². The van der Waals surface area contributed by atoms with Gasteiger partial charge in [0.2, 0.25) is 0 Å². The summed E-state index contributed by atoms with van der Waals surface area (Å²) in [5, 5.41) is 10.3. The number of nitriles is 1. The van der Waals surface area contributed by atoms with E-state index in [9.17, 15) is 5.26 Å². The summed E-state index contributed by atoms with van der Waals surface area (Å²) in [6.45, 7) is 0. The van der Waals surface area contributed by atoms with Crippen molar-refractivity contribution in [2.45, 2.75) is 25.2 Å². The molecular formula is C14H14N2O. The van der Waals surface area contributed by atoms with Crippen molar-refractivity contribution in [2.24, 2.45) is 0 Å². The minimum Gasteiger partial charge on any atom is -0.497 e. The third-order valence-electron chi connectivity index (χ3n) is 3.66. The average Bonchev–Trinajstić information content (AvgIpc) is 2.63. The zero-order valence-corrected chi connectivity index (χ0v) is 9.79. The normalized spacial score (nSPS) is 15.5. The topological polar surface area (TPSA) is 48.8 Å². The quantitative estimate of drug-likeness (QED) is 0.853. The van der Waals surface area contributed by atoms with E-state index in [1.165, 1.54) is 19.3 Å². The van der Waals surface area contributed by atoms with E-state index < -0.39 is 0 Å². The Morgan fingerprint density at radius 3 is 2.82 bits per heavy atom. The average molecular weight is 226 g/mol. The van der Waals surface area contributed by atoms with E-state index in [2.05, 4.69) is 11.1 Å². The fourth-order valence-electron chi connectivity index (χ4n) is 2.44. The molecule has 0 radical (unpaired) electrons. The number of rotatable bonds is 2. The number of fused-ring (bicyclic) bond motifs is 1. The van der Waals surface area contributed by atoms with E-state index in [1.807, 2.05) is 18.2 Å². The van der Waals surface area contributed by atoms with Crippen molar-refractivity contribution in [1.29, 1.82) is 5.26 Å². The molecular weight excluding hydrogens is 212 g/mol. The molecule has 2 aromatic rings. The number of methoxy groups -OCH3 is 1. The van der Waals surface area contributed by atoms with Crippen LogP contribution in [0.1, 0.15) is 36.4 Å². The van der Waals surface area contributed by atoms with Crippen LogP contribution in [0.5, 0.6) is 5.75 Å². The molecule has 1 aliphatic carbocycles. The molecule has 0 amide bonds. The Morgan fingerprint density at radius 2 is 2.24 bits per heavy atom. The van der Waals surface area contributed by atoms with E-state index in [4.69, 9.17) is 4.74 Å². The highest BCUT2D eigenvalue weighted by Gasteiger charge is 2.25. The number of ether oxygens (including phenoxy) is 1. The maximum atomic E-state index is 9.33. The first-order valence-corrected chi connectivity index (χ1v) is 5.93. The highest BCUT2D eigenvalue weighted by molar-refractivity contribution is 5.88. The SMILES string of the molecule is COc1ccc2[nH]c(C3CCC3)c(C#N)c2c1. The smallest absolute Gasteiger partial charge is 0.119 e. The molecule has 3 rings (SSSR count). The van der Waals surface area contributed by atoms with Gasteiger partial charge in [0, 0.05) is 22.5 Å². The minimum absolute atomic E-state index is 0.544. The Labute approximate surface area is 100 Å². The van der Waals surface area contributed by atoms with Gasteiger partial charge < -0.3 is 9.72 Å². The third kappa shape index (κ3) is 1.49. The Kier molecular flexibility index (Phi) is 2.29. The van der Waals surface area contributed by atoms with Crippen molar-refractivity contribution in [3.8, 4) is 11.8 Å². The van der Waals surface area contributed by atoms with Gasteiger partial charge in [-0.05, 0) is 31.0 Å². The summed E-state index contributed by atoms with van der Waals surface area (Å²) in [5.41, 5.74) is 2.94. The maximum absolute atomic E-state index is 9.33. The number of nitrogens with one attached hydrogen (secondary N) is 1. The predicted octanol–water partition coefficient (Wildman–Crippen LogP) is 3.32. The molecule has 1 N–H and O–H groups in total. The van der Waals surface area contributed by atoms with E-state index in [0.29, 0.717) is 5.92 Å². The van der Waals surface area contributed by atoms with E-state index in [0.717, 1.165) is 27.9 Å². The van der Waals surface area contributed by atoms with Crippen LogP contribution in [0.3, 0.4) is 0 Å². The van der Waals surface area contributed by atoms with E-state index in [-0.39, 0.29) is 0 Å². The Bertz CT molecular complexity index is 602. The molecule has 1 heterocycles. The number of benzene rings is 1. The molecule has 0 unspecified atom stereocenters. The lowest BCUT2D eigenvalue weighted by Crippen LogP contribution is -2.10. The second-order valence-corrected chi connectivity index (χ2v) is 4.56. The Balaban J connectivity index is 2.20. The van der Waals surface area contributed by atoms with E-state index in [1.54, 1.807) is 7.11 Å². The summed E-state index contributed by atoms with van der Waals surface area (Å²) in [4.78, 5) is 3.39. The van der Waals surface area contributed by atoms with Gasteiger partial charge >= 0.3 is 0 Å². The van der Waals surface area contributed by atoms with Gasteiger partial charge in [-0.1, -0.05) is 6.42 Å². The first-order chi connectivity index (χ1) is 8.33. The second-order valence-electron chi connectivity index (χ2n) is 4.56. The van der Waals surface area contributed by atoms with Gasteiger partial charge in [-0.25, -0.2) is 0 Å². The number of hydrogen-bond donors (Lipinski definition) is 1. The van der Waals surface area contributed by atoms with Crippen LogP contribution in [-0.4, -0.2) is 12.1 Å². The third-order valence-corrected chi connectivity index (χ3v) is 3.66. The molecule has 1 aromatic heterocycles. The summed E-state index contributed by atoms with van der Waals surface area (Å²) in [5.74, 6) is 1.34. The zero-order valence-electron chi connectivity index (χ0n) is 9.79. The maximum Gasteiger partial charge on any atom is 0.119 e. The molecule has 0 spiro atoms. The predicted molar refractivity (Wildman–Crippen MR) is 66.2 cm³/mol. The van der Waals surface area contributed by atoms with Gasteiger partial charge in [0.05, 0.1) is 12.7 Å². The first-order valence-electron chi connectivity index (χ1n) is 5.93. The Hall–Kier alpha value is -1.95. The molecule has 86 valence electrons. The molecule has 0 aliphatic heterocycles. The van der Waals surface area contributed by atoms with Gasteiger partial charge in [-0.2, -0.15) is 5.26 Å². The van der Waals surface area contributed by atoms with Gasteiger partial charge in [-0.15, -0.1) is 0 Å². The second kappa shape index (κ2) is 3.81. The number of H-pyrrole nitrogens is 1. The molecule has 3 nitrogen and oxygen atoms in total. The molecule has 3 heteroatoms. The molecule has 0 atom stereocenters. The van der Waals surface area contributed by atoms with Gasteiger partial charge in [0.25, 0.3) is 0 Å². The fraction of sp³-hybridized carbons (Fsp3) is 0.357. The highest BCUT2D eigenvalue weighted by atomic mass is 16.5. The number of nitrogens with zero attached hydrogens (tertiary/aromatic N) is 1. The lowest BCUT2D eigenvalue weighted by molar-refractivity contribution is 0.412. The molecule has 17 heavy (non-hydrogen) atoms. The monoisotopic (exact) mass is 226 g/mol. The number of hydrogen-bond acceptors (Lipinski definition) is 2. The molecule has 1 aliphatic rings. The fourth-order valence-corrected chi connectivity index (χ4v) is 2.44. The largest absolute Gasteiger partial charge is 0.497 e. The Morgan fingerprint density at radius 1 is 1.41 bits per heavy atom. The van der Waals surface area contributed by atoms with Crippen molar-refractivity contribution < 1.29 is 4.74 Å². The van der Waals surface area contributed by atoms with Gasteiger partial charge in [-0.3, -0.25) is 0 Å². The number of aromatic amines is 1. The van der Waals surface area contributed by atoms with Crippen LogP contribution in [0.4, 0.5) is 0 Å². The molecule has 1 fully saturated rings. The molecule has 1 saturated carbocycles. The van der Waals surface area contributed by atoms with Gasteiger partial charge in [0.15, 0.2) is 0 Å². The standard InChI is InChI=1S/C14H14N2O/c1-17-10-5-6-13-11(7-10)12(8-15)14(16-13)9-3-2-4-9/h5-7,9,16H,2-4H2,1H3. The van der Waals surface area contributed by atoms with Crippen molar-refractivity contribution in [1.82, 2.24) is 4.98 Å². The van der Waals surface area contributed by atoms with Crippen molar-refractivity contribution in [3.63, 3.8) is 0 Å². The van der Waals surface area contributed by atoms with Crippen molar-refractivity contribution in [2.75, 3.05) is 7.11 Å².